The van der Waals surface area contributed by atoms with Crippen LogP contribution in [0.2, 0.25) is 0 Å². The van der Waals surface area contributed by atoms with E-state index in [0.717, 1.165) is 19.3 Å². The van der Waals surface area contributed by atoms with E-state index < -0.39 is 0 Å². The van der Waals surface area contributed by atoms with E-state index in [1.165, 1.54) is 12.8 Å². The minimum atomic E-state index is 0.241. The second-order valence-corrected chi connectivity index (χ2v) is 4.37. The van der Waals surface area contributed by atoms with Crippen molar-refractivity contribution in [3.05, 3.63) is 0 Å². The first-order chi connectivity index (χ1) is 6.79. The Morgan fingerprint density at radius 1 is 1.36 bits per heavy atom. The average Bonchev–Trinajstić information content (AvgIpc) is 2.84. The Morgan fingerprint density at radius 3 is 2.79 bits per heavy atom. The van der Waals surface area contributed by atoms with Gasteiger partial charge in [-0.1, -0.05) is 6.42 Å². The zero-order chi connectivity index (χ0) is 9.97. The molecule has 2 aliphatic carbocycles. The molecule has 2 saturated carbocycles. The van der Waals surface area contributed by atoms with Crippen LogP contribution in [0.3, 0.4) is 0 Å². The molecule has 2 aliphatic rings. The predicted molar refractivity (Wildman–Crippen MR) is 56.0 cm³/mol. The molecule has 0 radical (unpaired) electrons. The average molecular weight is 197 g/mol. The molecular formula is C10H19N3O. The van der Waals surface area contributed by atoms with Gasteiger partial charge in [-0.05, 0) is 25.7 Å². The van der Waals surface area contributed by atoms with Gasteiger partial charge in [0.2, 0.25) is 0 Å². The van der Waals surface area contributed by atoms with E-state index in [-0.39, 0.29) is 12.6 Å². The Bertz CT molecular complexity index is 225. The third-order valence-corrected chi connectivity index (χ3v) is 3.09. The summed E-state index contributed by atoms with van der Waals surface area (Å²) in [6, 6.07) is 0.805. The smallest absolute Gasteiger partial charge is 0.189 e. The van der Waals surface area contributed by atoms with Gasteiger partial charge in [0.15, 0.2) is 5.96 Å². The summed E-state index contributed by atoms with van der Waals surface area (Å²) in [6.45, 7) is 0.241. The van der Waals surface area contributed by atoms with Crippen molar-refractivity contribution in [3.63, 3.8) is 0 Å². The van der Waals surface area contributed by atoms with Gasteiger partial charge in [0, 0.05) is 18.6 Å². The number of nitrogens with zero attached hydrogens (tertiary/aromatic N) is 1. The molecule has 80 valence electrons. The van der Waals surface area contributed by atoms with Gasteiger partial charge in [-0.25, -0.2) is 4.99 Å². The molecule has 2 atom stereocenters. The van der Waals surface area contributed by atoms with Crippen molar-refractivity contribution in [3.8, 4) is 0 Å². The normalized spacial score (nSPS) is 33.4. The fraction of sp³-hybridized carbons (Fsp3) is 0.900. The molecule has 4 nitrogen and oxygen atoms in total. The highest BCUT2D eigenvalue weighted by Gasteiger charge is 2.27. The third-order valence-electron chi connectivity index (χ3n) is 3.09. The topological polar surface area (TPSA) is 70.6 Å². The Hall–Kier alpha value is -0.770. The molecule has 0 heterocycles. The maximum absolute atomic E-state index is 9.11. The van der Waals surface area contributed by atoms with Gasteiger partial charge in [0.25, 0.3) is 0 Å². The van der Waals surface area contributed by atoms with Crippen LogP contribution in [0.15, 0.2) is 4.99 Å². The SMILES string of the molecule is NC(=NC1CCCC1CO)NC1CC1. The molecule has 14 heavy (non-hydrogen) atoms. The van der Waals surface area contributed by atoms with Gasteiger partial charge >= 0.3 is 0 Å². The summed E-state index contributed by atoms with van der Waals surface area (Å²) in [5.41, 5.74) is 5.77. The van der Waals surface area contributed by atoms with Crippen LogP contribution in [0.4, 0.5) is 0 Å². The first-order valence-electron chi connectivity index (χ1n) is 5.50. The second kappa shape index (κ2) is 4.17. The number of nitrogens with two attached hydrogens (primary N) is 1. The number of aliphatic hydroxyl groups excluding tert-OH is 1. The lowest BCUT2D eigenvalue weighted by molar-refractivity contribution is 0.218. The molecule has 0 saturated heterocycles. The predicted octanol–water partition coefficient (Wildman–Crippen LogP) is 0.214. The van der Waals surface area contributed by atoms with Crippen LogP contribution in [0.25, 0.3) is 0 Å². The molecule has 2 fully saturated rings. The van der Waals surface area contributed by atoms with Gasteiger partial charge in [0.1, 0.15) is 0 Å². The number of aliphatic hydroxyl groups is 1. The molecule has 0 aromatic heterocycles. The number of hydrogen-bond donors (Lipinski definition) is 3. The summed E-state index contributed by atoms with van der Waals surface area (Å²) in [5.74, 6) is 0.896. The highest BCUT2D eigenvalue weighted by atomic mass is 16.3. The number of guanidine groups is 1. The monoisotopic (exact) mass is 197 g/mol. The van der Waals surface area contributed by atoms with Crippen LogP contribution in [0.1, 0.15) is 32.1 Å². The van der Waals surface area contributed by atoms with E-state index in [1.807, 2.05) is 0 Å². The maximum Gasteiger partial charge on any atom is 0.189 e. The molecule has 0 spiro atoms. The number of nitrogens with one attached hydrogen (secondary N) is 1. The van der Waals surface area contributed by atoms with E-state index in [2.05, 4.69) is 10.3 Å². The molecular weight excluding hydrogens is 178 g/mol. The quantitative estimate of drug-likeness (QED) is 0.447. The summed E-state index contributed by atoms with van der Waals surface area (Å²) in [4.78, 5) is 4.43. The zero-order valence-electron chi connectivity index (χ0n) is 8.45. The summed E-state index contributed by atoms with van der Waals surface area (Å²) >= 11 is 0. The number of hydrogen-bond acceptors (Lipinski definition) is 2. The van der Waals surface area contributed by atoms with Crippen LogP contribution < -0.4 is 11.1 Å². The van der Waals surface area contributed by atoms with Crippen molar-refractivity contribution in [1.82, 2.24) is 5.32 Å². The lowest BCUT2D eigenvalue weighted by Gasteiger charge is -2.14. The summed E-state index contributed by atoms with van der Waals surface area (Å²) in [6.07, 6.45) is 5.74. The van der Waals surface area contributed by atoms with Gasteiger partial charge in [-0.15, -0.1) is 0 Å². The first kappa shape index (κ1) is 9.77. The highest BCUT2D eigenvalue weighted by Crippen LogP contribution is 2.27. The lowest BCUT2D eigenvalue weighted by Crippen LogP contribution is -2.35. The number of aliphatic imine (C=N–C) groups is 1. The number of rotatable bonds is 3. The molecule has 0 bridgehead atoms. The Balaban J connectivity index is 1.86. The van der Waals surface area contributed by atoms with Crippen molar-refractivity contribution < 1.29 is 5.11 Å². The fourth-order valence-electron chi connectivity index (χ4n) is 2.05. The Morgan fingerprint density at radius 2 is 2.14 bits per heavy atom. The van der Waals surface area contributed by atoms with E-state index in [4.69, 9.17) is 10.8 Å². The largest absolute Gasteiger partial charge is 0.396 e. The van der Waals surface area contributed by atoms with Crippen LogP contribution >= 0.6 is 0 Å². The van der Waals surface area contributed by atoms with Gasteiger partial charge in [-0.2, -0.15) is 0 Å². The maximum atomic E-state index is 9.11. The van der Waals surface area contributed by atoms with Crippen molar-refractivity contribution in [2.24, 2.45) is 16.6 Å². The molecule has 0 aromatic rings. The van der Waals surface area contributed by atoms with Gasteiger partial charge < -0.3 is 16.2 Å². The molecule has 2 unspecified atom stereocenters. The van der Waals surface area contributed by atoms with Gasteiger partial charge in [0.05, 0.1) is 6.04 Å². The molecule has 0 aliphatic heterocycles. The van der Waals surface area contributed by atoms with Crippen molar-refractivity contribution in [2.45, 2.75) is 44.2 Å². The Kier molecular flexibility index (Phi) is 2.91. The fourth-order valence-corrected chi connectivity index (χ4v) is 2.05. The van der Waals surface area contributed by atoms with Crippen LogP contribution in [-0.2, 0) is 0 Å². The molecule has 0 aromatic carbocycles. The van der Waals surface area contributed by atoms with Crippen LogP contribution in [-0.4, -0.2) is 29.8 Å². The van der Waals surface area contributed by atoms with Crippen molar-refractivity contribution in [1.29, 1.82) is 0 Å². The Labute approximate surface area is 84.6 Å². The summed E-state index contributed by atoms with van der Waals surface area (Å²) in [7, 11) is 0. The minimum Gasteiger partial charge on any atom is -0.396 e. The van der Waals surface area contributed by atoms with Gasteiger partial charge in [-0.3, -0.25) is 0 Å². The zero-order valence-corrected chi connectivity index (χ0v) is 8.45. The second-order valence-electron chi connectivity index (χ2n) is 4.37. The molecule has 4 heteroatoms. The van der Waals surface area contributed by atoms with Crippen LogP contribution in [0.5, 0.6) is 0 Å². The lowest BCUT2D eigenvalue weighted by atomic mass is 10.1. The first-order valence-corrected chi connectivity index (χ1v) is 5.50. The summed E-state index contributed by atoms with van der Waals surface area (Å²) in [5, 5.41) is 12.3. The van der Waals surface area contributed by atoms with E-state index in [1.54, 1.807) is 0 Å². The molecule has 0 amide bonds. The van der Waals surface area contributed by atoms with E-state index >= 15 is 0 Å². The van der Waals surface area contributed by atoms with Crippen molar-refractivity contribution >= 4 is 5.96 Å². The van der Waals surface area contributed by atoms with Crippen molar-refractivity contribution in [2.75, 3.05) is 6.61 Å². The standard InChI is InChI=1S/C10H19N3O/c11-10(12-8-4-5-8)13-9-3-1-2-7(9)6-14/h7-9,14H,1-6H2,(H3,11,12,13). The highest BCUT2D eigenvalue weighted by molar-refractivity contribution is 5.78. The molecule has 4 N–H and O–H groups in total. The molecule has 2 rings (SSSR count). The summed E-state index contributed by atoms with van der Waals surface area (Å²) < 4.78 is 0. The van der Waals surface area contributed by atoms with E-state index in [0.29, 0.717) is 17.9 Å². The third kappa shape index (κ3) is 2.38. The van der Waals surface area contributed by atoms with Crippen LogP contribution in [0, 0.1) is 5.92 Å². The van der Waals surface area contributed by atoms with E-state index in [9.17, 15) is 0 Å². The minimum absolute atomic E-state index is 0.241.